The predicted molar refractivity (Wildman–Crippen MR) is 118 cm³/mol. The van der Waals surface area contributed by atoms with Crippen molar-refractivity contribution >= 4 is 33.8 Å². The average Bonchev–Trinajstić information content (AvgIpc) is 3.33. The zero-order valence-corrected chi connectivity index (χ0v) is 17.8. The fourth-order valence-electron chi connectivity index (χ4n) is 3.10. The first kappa shape index (κ1) is 20.7. The molecular weight excluding hydrogens is 417 g/mol. The van der Waals surface area contributed by atoms with Gasteiger partial charge in [0.2, 0.25) is 4.96 Å². The monoisotopic (exact) mass is 437 g/mol. The molecule has 2 heterocycles. The van der Waals surface area contributed by atoms with Gasteiger partial charge in [0.25, 0.3) is 0 Å². The van der Waals surface area contributed by atoms with Crippen LogP contribution in [0.4, 0.5) is 10.1 Å². The lowest BCUT2D eigenvalue weighted by Gasteiger charge is -2.10. The van der Waals surface area contributed by atoms with Crippen LogP contribution < -0.4 is 10.6 Å². The zero-order valence-electron chi connectivity index (χ0n) is 17.0. The van der Waals surface area contributed by atoms with E-state index in [0.29, 0.717) is 28.5 Å². The van der Waals surface area contributed by atoms with E-state index >= 15 is 0 Å². The Morgan fingerprint density at radius 2 is 1.90 bits per heavy atom. The Bertz CT molecular complexity index is 1280. The molecule has 0 saturated heterocycles. The fourth-order valence-corrected chi connectivity index (χ4v) is 3.96. The van der Waals surface area contributed by atoms with Crippen LogP contribution in [0.5, 0.6) is 0 Å². The molecule has 0 fully saturated rings. The van der Waals surface area contributed by atoms with Gasteiger partial charge in [-0.1, -0.05) is 24.3 Å². The molecule has 0 spiro atoms. The molecule has 0 atom stereocenters. The van der Waals surface area contributed by atoms with Crippen LogP contribution in [-0.4, -0.2) is 33.0 Å². The largest absolute Gasteiger partial charge is 0.347 e. The summed E-state index contributed by atoms with van der Waals surface area (Å²) in [5.41, 5.74) is 3.71. The second-order valence-corrected chi connectivity index (χ2v) is 7.88. The van der Waals surface area contributed by atoms with E-state index in [1.807, 2.05) is 31.4 Å². The summed E-state index contributed by atoms with van der Waals surface area (Å²) in [6.07, 6.45) is 0.447. The van der Waals surface area contributed by atoms with Crippen molar-refractivity contribution in [1.82, 2.24) is 19.9 Å². The highest BCUT2D eigenvalue weighted by Crippen LogP contribution is 2.23. The molecule has 0 bridgehead atoms. The lowest BCUT2D eigenvalue weighted by molar-refractivity contribution is -0.136. The van der Waals surface area contributed by atoms with Gasteiger partial charge >= 0.3 is 11.8 Å². The fraction of sp³-hybridized carbons (Fsp3) is 0.182. The number of carbonyl (C=O) groups excluding carboxylic acids is 2. The summed E-state index contributed by atoms with van der Waals surface area (Å²) in [5, 5.41) is 11.5. The molecular formula is C22H20FN5O2S. The number of thiazole rings is 1. The van der Waals surface area contributed by atoms with Crippen LogP contribution in [0.3, 0.4) is 0 Å². The number of nitrogens with one attached hydrogen (secondary N) is 2. The van der Waals surface area contributed by atoms with Crippen LogP contribution in [0.15, 0.2) is 47.8 Å². The first-order chi connectivity index (χ1) is 14.9. The molecule has 9 heteroatoms. The summed E-state index contributed by atoms with van der Waals surface area (Å²) in [7, 11) is 0. The van der Waals surface area contributed by atoms with Crippen LogP contribution in [0.2, 0.25) is 0 Å². The van der Waals surface area contributed by atoms with Gasteiger partial charge in [0.05, 0.1) is 11.3 Å². The molecule has 7 nitrogen and oxygen atoms in total. The van der Waals surface area contributed by atoms with E-state index in [1.54, 1.807) is 28.8 Å². The number of rotatable bonds is 5. The molecule has 0 aliphatic rings. The maximum atomic E-state index is 14.0. The van der Waals surface area contributed by atoms with Crippen molar-refractivity contribution in [3.63, 3.8) is 0 Å². The summed E-state index contributed by atoms with van der Waals surface area (Å²) in [6, 6.07) is 11.9. The van der Waals surface area contributed by atoms with Gasteiger partial charge in [-0.25, -0.2) is 8.91 Å². The Morgan fingerprint density at radius 1 is 1.10 bits per heavy atom. The summed E-state index contributed by atoms with van der Waals surface area (Å²) in [6.45, 7) is 4.08. The first-order valence-corrected chi connectivity index (χ1v) is 10.6. The van der Waals surface area contributed by atoms with Crippen LogP contribution in [0, 0.1) is 19.7 Å². The standard InChI is InChI=1S/C22H20FN5O2S/c1-13-6-5-9-18(14(13)2)25-21(30)20(29)24-11-10-15-12-31-22-26-19(27-28(15)22)16-7-3-4-8-17(16)23/h3-9,12H,10-11H2,1-2H3,(H,24,29)(H,25,30). The van der Waals surface area contributed by atoms with E-state index < -0.39 is 11.8 Å². The minimum absolute atomic E-state index is 0.250. The molecule has 0 aliphatic carbocycles. The molecule has 4 aromatic rings. The minimum Gasteiger partial charge on any atom is -0.347 e. The quantitative estimate of drug-likeness (QED) is 0.468. The van der Waals surface area contributed by atoms with E-state index in [-0.39, 0.29) is 12.4 Å². The van der Waals surface area contributed by atoms with Crippen LogP contribution in [-0.2, 0) is 16.0 Å². The Balaban J connectivity index is 1.38. The third-order valence-corrected chi connectivity index (χ3v) is 5.86. The van der Waals surface area contributed by atoms with Gasteiger partial charge in [-0.15, -0.1) is 16.4 Å². The number of nitrogens with zero attached hydrogens (tertiary/aromatic N) is 3. The van der Waals surface area contributed by atoms with Crippen LogP contribution in [0.1, 0.15) is 16.8 Å². The predicted octanol–water partition coefficient (Wildman–Crippen LogP) is 3.51. The number of aromatic nitrogens is 3. The Hall–Kier alpha value is -3.59. The topological polar surface area (TPSA) is 88.4 Å². The maximum absolute atomic E-state index is 14.0. The van der Waals surface area contributed by atoms with Gasteiger partial charge < -0.3 is 10.6 Å². The molecule has 0 unspecified atom stereocenters. The number of aryl methyl sites for hydroxylation is 1. The van der Waals surface area contributed by atoms with Crippen molar-refractivity contribution < 1.29 is 14.0 Å². The van der Waals surface area contributed by atoms with Crippen molar-refractivity contribution in [1.29, 1.82) is 0 Å². The Morgan fingerprint density at radius 3 is 2.71 bits per heavy atom. The number of hydrogen-bond donors (Lipinski definition) is 2. The van der Waals surface area contributed by atoms with Crippen molar-refractivity contribution in [3.05, 3.63) is 70.5 Å². The number of anilines is 1. The second-order valence-electron chi connectivity index (χ2n) is 7.04. The SMILES string of the molecule is Cc1cccc(NC(=O)C(=O)NCCc2csc3nc(-c4ccccc4F)nn23)c1C. The molecule has 4 rings (SSSR count). The third kappa shape index (κ3) is 4.31. The minimum atomic E-state index is -0.716. The smallest absolute Gasteiger partial charge is 0.313 e. The number of benzene rings is 2. The van der Waals surface area contributed by atoms with Crippen molar-refractivity contribution in [3.8, 4) is 11.4 Å². The zero-order chi connectivity index (χ0) is 22.0. The number of fused-ring (bicyclic) bond motifs is 1. The molecule has 158 valence electrons. The van der Waals surface area contributed by atoms with Crippen LogP contribution in [0.25, 0.3) is 16.3 Å². The lowest BCUT2D eigenvalue weighted by atomic mass is 10.1. The molecule has 2 N–H and O–H groups in total. The number of halogens is 1. The van der Waals surface area contributed by atoms with E-state index in [2.05, 4.69) is 20.7 Å². The van der Waals surface area contributed by atoms with Gasteiger partial charge in [-0.2, -0.15) is 4.98 Å². The van der Waals surface area contributed by atoms with Crippen molar-refractivity contribution in [2.24, 2.45) is 0 Å². The number of amides is 2. The van der Waals surface area contributed by atoms with Crippen LogP contribution >= 0.6 is 11.3 Å². The molecule has 2 aromatic heterocycles. The Labute approximate surface area is 181 Å². The Kier molecular flexibility index (Phi) is 5.77. The summed E-state index contributed by atoms with van der Waals surface area (Å²) in [4.78, 5) is 29.4. The summed E-state index contributed by atoms with van der Waals surface area (Å²) >= 11 is 1.38. The number of hydrogen-bond acceptors (Lipinski definition) is 5. The van der Waals surface area contributed by atoms with Crippen molar-refractivity contribution in [2.45, 2.75) is 20.3 Å². The highest BCUT2D eigenvalue weighted by atomic mass is 32.1. The first-order valence-electron chi connectivity index (χ1n) is 9.67. The molecule has 0 saturated carbocycles. The summed E-state index contributed by atoms with van der Waals surface area (Å²) < 4.78 is 15.6. The van der Waals surface area contributed by atoms with E-state index in [0.717, 1.165) is 16.8 Å². The maximum Gasteiger partial charge on any atom is 0.313 e. The van der Waals surface area contributed by atoms with Gasteiger partial charge in [-0.3, -0.25) is 9.59 Å². The van der Waals surface area contributed by atoms with E-state index in [4.69, 9.17) is 0 Å². The average molecular weight is 438 g/mol. The van der Waals surface area contributed by atoms with E-state index in [9.17, 15) is 14.0 Å². The lowest BCUT2D eigenvalue weighted by Crippen LogP contribution is -2.36. The van der Waals surface area contributed by atoms with Gasteiger partial charge in [0.15, 0.2) is 5.82 Å². The molecule has 2 amide bonds. The van der Waals surface area contributed by atoms with Gasteiger partial charge in [0.1, 0.15) is 5.82 Å². The van der Waals surface area contributed by atoms with E-state index in [1.165, 1.54) is 17.4 Å². The number of carbonyl (C=O) groups is 2. The summed E-state index contributed by atoms with van der Waals surface area (Å²) in [5.74, 6) is -1.50. The normalized spacial score (nSPS) is 10.9. The highest BCUT2D eigenvalue weighted by molar-refractivity contribution is 7.15. The van der Waals surface area contributed by atoms with Gasteiger partial charge in [0, 0.05) is 24.0 Å². The molecule has 31 heavy (non-hydrogen) atoms. The molecule has 2 aromatic carbocycles. The highest BCUT2D eigenvalue weighted by Gasteiger charge is 2.17. The van der Waals surface area contributed by atoms with Gasteiger partial charge in [-0.05, 0) is 43.2 Å². The third-order valence-electron chi connectivity index (χ3n) is 4.99. The molecule has 0 radical (unpaired) electrons. The second kappa shape index (κ2) is 8.65. The molecule has 0 aliphatic heterocycles. The van der Waals surface area contributed by atoms with Crippen molar-refractivity contribution in [2.75, 3.05) is 11.9 Å².